The summed E-state index contributed by atoms with van der Waals surface area (Å²) < 4.78 is 0. The number of nitrogens with zero attached hydrogens (tertiary/aromatic N) is 2. The van der Waals surface area contributed by atoms with Crippen molar-refractivity contribution in [3.63, 3.8) is 0 Å². The molecule has 0 atom stereocenters. The van der Waals surface area contributed by atoms with E-state index < -0.39 is 0 Å². The van der Waals surface area contributed by atoms with E-state index in [0.717, 1.165) is 28.2 Å². The lowest BCUT2D eigenvalue weighted by Crippen LogP contribution is -2.11. The van der Waals surface area contributed by atoms with Gasteiger partial charge in [-0.2, -0.15) is 0 Å². The first-order valence-corrected chi connectivity index (χ1v) is 9.06. The summed E-state index contributed by atoms with van der Waals surface area (Å²) in [5.74, 6) is 0.293. The number of benzene rings is 1. The van der Waals surface area contributed by atoms with Gasteiger partial charge in [0.1, 0.15) is 0 Å². The van der Waals surface area contributed by atoms with E-state index in [9.17, 15) is 10.1 Å². The number of aliphatic imine (C=N–C) groups is 1. The minimum atomic E-state index is -0.328. The Labute approximate surface area is 155 Å². The van der Waals surface area contributed by atoms with Gasteiger partial charge in [0.15, 0.2) is 0 Å². The van der Waals surface area contributed by atoms with Crippen LogP contribution in [0.2, 0.25) is 0 Å². The van der Waals surface area contributed by atoms with Crippen LogP contribution in [0.15, 0.2) is 29.3 Å². The van der Waals surface area contributed by atoms with Gasteiger partial charge in [0.2, 0.25) is 0 Å². The summed E-state index contributed by atoms with van der Waals surface area (Å²) in [6.45, 7) is 14.6. The molecule has 0 fully saturated rings. The lowest BCUT2D eigenvalue weighted by atomic mass is 9.92. The van der Waals surface area contributed by atoms with Gasteiger partial charge >= 0.3 is 0 Å². The third-order valence-corrected chi connectivity index (χ3v) is 4.46. The first-order valence-electron chi connectivity index (χ1n) is 9.06. The molecule has 0 aliphatic rings. The van der Waals surface area contributed by atoms with Gasteiger partial charge in [-0.25, -0.2) is 0 Å². The molecule has 26 heavy (non-hydrogen) atoms. The molecule has 0 amide bonds. The van der Waals surface area contributed by atoms with Gasteiger partial charge in [0.05, 0.1) is 22.5 Å². The number of aromatic nitrogens is 1. The van der Waals surface area contributed by atoms with Crippen molar-refractivity contribution >= 4 is 17.6 Å². The zero-order valence-corrected chi connectivity index (χ0v) is 16.8. The molecule has 0 radical (unpaired) electrons. The van der Waals surface area contributed by atoms with Gasteiger partial charge in [0, 0.05) is 23.2 Å². The summed E-state index contributed by atoms with van der Waals surface area (Å²) in [7, 11) is 0. The average molecular weight is 355 g/mol. The van der Waals surface area contributed by atoms with Crippen molar-refractivity contribution in [2.45, 2.75) is 65.7 Å². The number of nitro benzene ring substituents is 1. The van der Waals surface area contributed by atoms with Crippen molar-refractivity contribution in [1.82, 2.24) is 4.98 Å². The number of rotatable bonds is 5. The summed E-state index contributed by atoms with van der Waals surface area (Å²) in [4.78, 5) is 19.1. The maximum absolute atomic E-state index is 11.3. The Kier molecular flexibility index (Phi) is 5.69. The summed E-state index contributed by atoms with van der Waals surface area (Å²) >= 11 is 0. The first kappa shape index (κ1) is 19.9. The minimum Gasteiger partial charge on any atom is -0.357 e. The monoisotopic (exact) mass is 355 g/mol. The smallest absolute Gasteiger partial charge is 0.270 e. The van der Waals surface area contributed by atoms with E-state index in [1.165, 1.54) is 0 Å². The number of nitrogens with one attached hydrogen (secondary N) is 1. The molecule has 0 unspecified atom stereocenters. The lowest BCUT2D eigenvalue weighted by Gasteiger charge is -2.16. The van der Waals surface area contributed by atoms with Crippen LogP contribution in [0.25, 0.3) is 0 Å². The summed E-state index contributed by atoms with van der Waals surface area (Å²) in [6.07, 6.45) is 1.81. The van der Waals surface area contributed by atoms with E-state index in [1.807, 2.05) is 40.0 Å². The van der Waals surface area contributed by atoms with Crippen molar-refractivity contribution in [3.05, 3.63) is 56.9 Å². The predicted octanol–water partition coefficient (Wildman–Crippen LogP) is 6.22. The Morgan fingerprint density at radius 3 is 2.00 bits per heavy atom. The van der Waals surface area contributed by atoms with Crippen molar-refractivity contribution < 1.29 is 4.92 Å². The van der Waals surface area contributed by atoms with Crippen molar-refractivity contribution in [1.29, 1.82) is 0 Å². The zero-order chi connectivity index (χ0) is 19.6. The molecule has 0 saturated carbocycles. The maximum atomic E-state index is 11.3. The molecular formula is C21H29N3O2. The van der Waals surface area contributed by atoms with Crippen LogP contribution in [0.3, 0.4) is 0 Å². The van der Waals surface area contributed by atoms with Crippen LogP contribution in [0.4, 0.5) is 11.4 Å². The molecule has 0 aliphatic heterocycles. The summed E-state index contributed by atoms with van der Waals surface area (Å²) in [6, 6.07) is 7.39. The van der Waals surface area contributed by atoms with Crippen LogP contribution in [0, 0.1) is 10.1 Å². The fourth-order valence-corrected chi connectivity index (χ4v) is 2.86. The predicted molar refractivity (Wildman–Crippen MR) is 108 cm³/mol. The van der Waals surface area contributed by atoms with Crippen LogP contribution in [-0.2, 0) is 5.41 Å². The SMILES string of the molecule is CC(C)c1cc([N+](=O)[O-])cc(C(C)C)c1N=Cc1ccc(C(C)(C)C)[nH]1. The van der Waals surface area contributed by atoms with Crippen molar-refractivity contribution in [3.8, 4) is 0 Å². The molecule has 140 valence electrons. The molecular weight excluding hydrogens is 326 g/mol. The van der Waals surface area contributed by atoms with E-state index >= 15 is 0 Å². The molecule has 0 spiro atoms. The molecule has 2 aromatic rings. The van der Waals surface area contributed by atoms with E-state index in [1.54, 1.807) is 12.1 Å². The molecule has 0 saturated heterocycles. The van der Waals surface area contributed by atoms with Crippen molar-refractivity contribution in [2.24, 2.45) is 4.99 Å². The second-order valence-corrected chi connectivity index (χ2v) is 8.37. The minimum absolute atomic E-state index is 0.0473. The van der Waals surface area contributed by atoms with Gasteiger partial charge in [-0.15, -0.1) is 0 Å². The summed E-state index contributed by atoms with van der Waals surface area (Å²) in [5, 5.41) is 11.3. The Bertz CT molecular complexity index is 795. The third-order valence-electron chi connectivity index (χ3n) is 4.46. The fourth-order valence-electron chi connectivity index (χ4n) is 2.86. The fraction of sp³-hybridized carbons (Fsp3) is 0.476. The van der Waals surface area contributed by atoms with Crippen LogP contribution >= 0.6 is 0 Å². The highest BCUT2D eigenvalue weighted by molar-refractivity contribution is 5.81. The molecule has 5 nitrogen and oxygen atoms in total. The molecule has 0 bridgehead atoms. The number of non-ortho nitro benzene ring substituents is 1. The van der Waals surface area contributed by atoms with Crippen LogP contribution in [0.5, 0.6) is 0 Å². The number of hydrogen-bond acceptors (Lipinski definition) is 3. The third kappa shape index (κ3) is 4.40. The zero-order valence-electron chi connectivity index (χ0n) is 16.8. The van der Waals surface area contributed by atoms with Crippen LogP contribution in [-0.4, -0.2) is 16.1 Å². The van der Waals surface area contributed by atoms with Gasteiger partial charge in [0.25, 0.3) is 5.69 Å². The van der Waals surface area contributed by atoms with E-state index in [4.69, 9.17) is 4.99 Å². The molecule has 2 rings (SSSR count). The second kappa shape index (κ2) is 7.44. The number of H-pyrrole nitrogens is 1. The first-order chi connectivity index (χ1) is 12.0. The average Bonchev–Trinajstić information content (AvgIpc) is 3.00. The van der Waals surface area contributed by atoms with E-state index in [-0.39, 0.29) is 27.9 Å². The molecule has 1 N–H and O–H groups in total. The van der Waals surface area contributed by atoms with Gasteiger partial charge in [-0.3, -0.25) is 15.1 Å². The highest BCUT2D eigenvalue weighted by Crippen LogP contribution is 2.38. The standard InChI is InChI=1S/C21H29N3O2/c1-13(2)17-10-16(24(25)26)11-18(14(3)4)20(17)22-12-15-8-9-19(23-15)21(5,6)7/h8-14,23H,1-7H3. The van der Waals surface area contributed by atoms with Gasteiger partial charge < -0.3 is 4.98 Å². The largest absolute Gasteiger partial charge is 0.357 e. The molecule has 1 heterocycles. The van der Waals surface area contributed by atoms with Crippen LogP contribution < -0.4 is 0 Å². The van der Waals surface area contributed by atoms with Crippen LogP contribution in [0.1, 0.15) is 82.8 Å². The van der Waals surface area contributed by atoms with E-state index in [2.05, 4.69) is 31.8 Å². The number of nitro groups is 1. The highest BCUT2D eigenvalue weighted by Gasteiger charge is 2.20. The maximum Gasteiger partial charge on any atom is 0.270 e. The number of hydrogen-bond donors (Lipinski definition) is 1. The Morgan fingerprint density at radius 1 is 1.08 bits per heavy atom. The van der Waals surface area contributed by atoms with E-state index in [0.29, 0.717) is 0 Å². The Hall–Kier alpha value is -2.43. The van der Waals surface area contributed by atoms with Gasteiger partial charge in [-0.1, -0.05) is 48.5 Å². The lowest BCUT2D eigenvalue weighted by molar-refractivity contribution is -0.385. The Balaban J connectivity index is 2.53. The molecule has 5 heteroatoms. The summed E-state index contributed by atoms with van der Waals surface area (Å²) in [5.41, 5.74) is 4.90. The second-order valence-electron chi connectivity index (χ2n) is 8.37. The molecule has 1 aromatic carbocycles. The van der Waals surface area contributed by atoms with Gasteiger partial charge in [-0.05, 0) is 35.1 Å². The molecule has 0 aliphatic carbocycles. The van der Waals surface area contributed by atoms with Crippen molar-refractivity contribution in [2.75, 3.05) is 0 Å². The Morgan fingerprint density at radius 2 is 1.62 bits per heavy atom. The number of aromatic amines is 1. The topological polar surface area (TPSA) is 71.3 Å². The normalized spacial score (nSPS) is 12.5. The quantitative estimate of drug-likeness (QED) is 0.393. The molecule has 1 aromatic heterocycles. The highest BCUT2D eigenvalue weighted by atomic mass is 16.6.